The van der Waals surface area contributed by atoms with Crippen LogP contribution in [0.3, 0.4) is 0 Å². The van der Waals surface area contributed by atoms with Gasteiger partial charge >= 0.3 is 5.97 Å². The standard InChI is InChI=1S/C32H52O2/c1-20(2)22-10-13-26-30(22,7)18-19-31(8)24-11-12-25-28(4,5)27(34-21(3)33)15-16-29(25,6)23(24)14-17-32(26,31)9/h14,20,22,24-27H,10-13,15-19H2,1-9H3/t22-,24-,25+,26+,27+,29-,30+,31+,32-/m0/s1. The Bertz CT molecular complexity index is 883. The van der Waals surface area contributed by atoms with Gasteiger partial charge in [0.1, 0.15) is 6.10 Å². The molecule has 9 atom stereocenters. The Kier molecular flexibility index (Phi) is 5.57. The van der Waals surface area contributed by atoms with Crippen molar-refractivity contribution < 1.29 is 9.53 Å². The average molecular weight is 469 g/mol. The smallest absolute Gasteiger partial charge is 0.302 e. The molecule has 0 unspecified atom stereocenters. The van der Waals surface area contributed by atoms with Gasteiger partial charge in [0.05, 0.1) is 0 Å². The van der Waals surface area contributed by atoms with Crippen LogP contribution in [0.5, 0.6) is 0 Å². The first-order valence-corrected chi connectivity index (χ1v) is 14.6. The molecule has 4 saturated carbocycles. The summed E-state index contributed by atoms with van der Waals surface area (Å²) in [6.07, 6.45) is 14.6. The highest BCUT2D eigenvalue weighted by molar-refractivity contribution is 5.66. The predicted octanol–water partition coefficient (Wildman–Crippen LogP) is 8.60. The van der Waals surface area contributed by atoms with Crippen molar-refractivity contribution in [2.24, 2.45) is 56.7 Å². The van der Waals surface area contributed by atoms with Crippen LogP contribution in [0.4, 0.5) is 0 Å². The number of fused-ring (bicyclic) bond motifs is 7. The van der Waals surface area contributed by atoms with Crippen molar-refractivity contribution >= 4 is 5.97 Å². The van der Waals surface area contributed by atoms with E-state index in [1.807, 2.05) is 0 Å². The molecule has 0 bridgehead atoms. The Morgan fingerprint density at radius 3 is 2.21 bits per heavy atom. The molecule has 0 N–H and O–H groups in total. The van der Waals surface area contributed by atoms with Gasteiger partial charge in [0.25, 0.3) is 0 Å². The van der Waals surface area contributed by atoms with Gasteiger partial charge in [-0.3, -0.25) is 4.79 Å². The van der Waals surface area contributed by atoms with Crippen LogP contribution in [0, 0.1) is 56.7 Å². The fraction of sp³-hybridized carbons (Fsp3) is 0.906. The van der Waals surface area contributed by atoms with Gasteiger partial charge in [-0.2, -0.15) is 0 Å². The van der Waals surface area contributed by atoms with Crippen molar-refractivity contribution in [3.05, 3.63) is 11.6 Å². The highest BCUT2D eigenvalue weighted by atomic mass is 16.5. The van der Waals surface area contributed by atoms with Gasteiger partial charge in [0.15, 0.2) is 0 Å². The number of rotatable bonds is 2. The molecule has 2 heteroatoms. The van der Waals surface area contributed by atoms with Gasteiger partial charge < -0.3 is 4.74 Å². The lowest BCUT2D eigenvalue weighted by Gasteiger charge is -2.69. The molecule has 5 rings (SSSR count). The van der Waals surface area contributed by atoms with Crippen molar-refractivity contribution in [3.8, 4) is 0 Å². The van der Waals surface area contributed by atoms with Crippen molar-refractivity contribution in [1.29, 1.82) is 0 Å². The number of carbonyl (C=O) groups excluding carboxylic acids is 1. The topological polar surface area (TPSA) is 26.3 Å². The molecule has 2 nitrogen and oxygen atoms in total. The predicted molar refractivity (Wildman–Crippen MR) is 140 cm³/mol. The number of hydrogen-bond donors (Lipinski definition) is 0. The lowest BCUT2D eigenvalue weighted by Crippen LogP contribution is -2.62. The van der Waals surface area contributed by atoms with E-state index in [0.29, 0.717) is 22.2 Å². The molecule has 0 saturated heterocycles. The number of allylic oxidation sites excluding steroid dienone is 2. The molecule has 0 aromatic heterocycles. The van der Waals surface area contributed by atoms with Crippen molar-refractivity contribution in [3.63, 3.8) is 0 Å². The minimum atomic E-state index is -0.114. The zero-order valence-electron chi connectivity index (χ0n) is 23.7. The van der Waals surface area contributed by atoms with E-state index >= 15 is 0 Å². The Morgan fingerprint density at radius 1 is 0.882 bits per heavy atom. The second-order valence-electron chi connectivity index (χ2n) is 15.2. The Labute approximate surface area is 210 Å². The first kappa shape index (κ1) is 24.9. The molecule has 5 aliphatic rings. The number of carbonyl (C=O) groups is 1. The quantitative estimate of drug-likeness (QED) is 0.299. The van der Waals surface area contributed by atoms with Crippen molar-refractivity contribution in [1.82, 2.24) is 0 Å². The molecule has 0 aromatic rings. The maximum Gasteiger partial charge on any atom is 0.302 e. The highest BCUT2D eigenvalue weighted by Gasteiger charge is 2.68. The summed E-state index contributed by atoms with van der Waals surface area (Å²) in [7, 11) is 0. The number of ether oxygens (including phenoxy) is 1. The zero-order valence-corrected chi connectivity index (χ0v) is 23.7. The van der Waals surface area contributed by atoms with Crippen molar-refractivity contribution in [2.45, 2.75) is 126 Å². The number of hydrogen-bond acceptors (Lipinski definition) is 2. The molecule has 0 amide bonds. The summed E-state index contributed by atoms with van der Waals surface area (Å²) >= 11 is 0. The van der Waals surface area contributed by atoms with E-state index in [-0.39, 0.29) is 22.9 Å². The summed E-state index contributed by atoms with van der Waals surface area (Å²) in [6, 6.07) is 0. The molecular formula is C32H52O2. The van der Waals surface area contributed by atoms with Crippen LogP contribution in [0.25, 0.3) is 0 Å². The molecule has 5 aliphatic carbocycles. The minimum Gasteiger partial charge on any atom is -0.462 e. The summed E-state index contributed by atoms with van der Waals surface area (Å²) in [5.74, 6) is 3.79. The van der Waals surface area contributed by atoms with Crippen LogP contribution in [0.15, 0.2) is 11.6 Å². The molecule has 0 radical (unpaired) electrons. The van der Waals surface area contributed by atoms with E-state index < -0.39 is 0 Å². The largest absolute Gasteiger partial charge is 0.462 e. The van der Waals surface area contributed by atoms with Crippen LogP contribution in [0.2, 0.25) is 0 Å². The van der Waals surface area contributed by atoms with Crippen LogP contribution in [-0.2, 0) is 9.53 Å². The maximum absolute atomic E-state index is 11.9. The molecular weight excluding hydrogens is 416 g/mol. The molecule has 34 heavy (non-hydrogen) atoms. The lowest BCUT2D eigenvalue weighted by atomic mass is 9.35. The summed E-state index contributed by atoms with van der Waals surface area (Å²) in [6.45, 7) is 22.0. The Hall–Kier alpha value is -0.790. The van der Waals surface area contributed by atoms with Crippen molar-refractivity contribution in [2.75, 3.05) is 0 Å². The third kappa shape index (κ3) is 3.01. The van der Waals surface area contributed by atoms with Gasteiger partial charge in [0, 0.05) is 12.3 Å². The van der Waals surface area contributed by atoms with E-state index in [1.165, 1.54) is 51.4 Å². The molecule has 0 aromatic carbocycles. The van der Waals surface area contributed by atoms with Gasteiger partial charge in [-0.25, -0.2) is 0 Å². The summed E-state index contributed by atoms with van der Waals surface area (Å²) in [4.78, 5) is 11.9. The van der Waals surface area contributed by atoms with E-state index in [9.17, 15) is 4.79 Å². The van der Waals surface area contributed by atoms with E-state index in [0.717, 1.165) is 30.1 Å². The molecule has 4 fully saturated rings. The maximum atomic E-state index is 11.9. The van der Waals surface area contributed by atoms with E-state index in [2.05, 4.69) is 61.5 Å². The molecule has 0 spiro atoms. The van der Waals surface area contributed by atoms with Crippen LogP contribution >= 0.6 is 0 Å². The van der Waals surface area contributed by atoms with Crippen LogP contribution < -0.4 is 0 Å². The van der Waals surface area contributed by atoms with Gasteiger partial charge in [-0.1, -0.05) is 67.0 Å². The summed E-state index contributed by atoms with van der Waals surface area (Å²) < 4.78 is 5.89. The third-order valence-corrected chi connectivity index (χ3v) is 13.5. The first-order valence-electron chi connectivity index (χ1n) is 14.6. The first-order chi connectivity index (χ1) is 15.7. The minimum absolute atomic E-state index is 0.0349. The fourth-order valence-electron chi connectivity index (χ4n) is 11.6. The van der Waals surface area contributed by atoms with Crippen LogP contribution in [-0.4, -0.2) is 12.1 Å². The summed E-state index contributed by atoms with van der Waals surface area (Å²) in [5, 5.41) is 0. The highest BCUT2D eigenvalue weighted by Crippen LogP contribution is 2.76. The SMILES string of the molecule is CC(=O)O[C@@H]1CC[C@@]2(C)C3=CC[C@@]4(C)[C@@H]5CC[C@@H](C(C)C)[C@@]5(C)CC[C@]4(C)[C@H]3CC[C@@H]2C1(C)C. The second kappa shape index (κ2) is 7.61. The van der Waals surface area contributed by atoms with E-state index in [4.69, 9.17) is 4.74 Å². The molecule has 0 aliphatic heterocycles. The average Bonchev–Trinajstić information content (AvgIpc) is 3.10. The second-order valence-corrected chi connectivity index (χ2v) is 15.2. The van der Waals surface area contributed by atoms with Gasteiger partial charge in [-0.15, -0.1) is 0 Å². The van der Waals surface area contributed by atoms with E-state index in [1.54, 1.807) is 12.5 Å². The normalized spacial score (nSPS) is 51.6. The number of esters is 1. The summed E-state index contributed by atoms with van der Waals surface area (Å²) in [5.41, 5.74) is 3.46. The monoisotopic (exact) mass is 468 g/mol. The Balaban J connectivity index is 1.51. The van der Waals surface area contributed by atoms with Gasteiger partial charge in [-0.05, 0) is 109 Å². The zero-order chi connectivity index (χ0) is 24.9. The van der Waals surface area contributed by atoms with Gasteiger partial charge in [0.2, 0.25) is 0 Å². The van der Waals surface area contributed by atoms with Crippen LogP contribution in [0.1, 0.15) is 120 Å². The molecule has 0 heterocycles. The third-order valence-electron chi connectivity index (χ3n) is 13.5. The Morgan fingerprint density at radius 2 is 1.56 bits per heavy atom. The fourth-order valence-corrected chi connectivity index (χ4v) is 11.6. The lowest BCUT2D eigenvalue weighted by molar-refractivity contribution is -0.179. The molecule has 192 valence electrons.